The molecule has 0 radical (unpaired) electrons. The molecule has 1 fully saturated rings. The molecule has 1 aromatic heterocycles. The lowest BCUT2D eigenvalue weighted by molar-refractivity contribution is 0.166. The summed E-state index contributed by atoms with van der Waals surface area (Å²) in [6.45, 7) is 6.49. The molecule has 2 nitrogen and oxygen atoms in total. The number of hydrogen-bond donors (Lipinski definition) is 1. The number of aryl methyl sites for hydroxylation is 1. The van der Waals surface area contributed by atoms with Gasteiger partial charge in [0.25, 0.3) is 0 Å². The standard InChI is InChI=1S/C11H18N2S/c1-8(2)13-11(5-4-6-11)10-7-14-9(3)12-10/h7-8,13H,4-6H2,1-3H3. The predicted molar refractivity (Wildman–Crippen MR) is 60.7 cm³/mol. The summed E-state index contributed by atoms with van der Waals surface area (Å²) < 4.78 is 0. The lowest BCUT2D eigenvalue weighted by atomic mass is 9.74. The zero-order chi connectivity index (χ0) is 10.2. The molecule has 0 atom stereocenters. The van der Waals surface area contributed by atoms with E-state index in [2.05, 4.69) is 36.5 Å². The van der Waals surface area contributed by atoms with E-state index in [9.17, 15) is 0 Å². The van der Waals surface area contributed by atoms with Crippen LogP contribution in [-0.2, 0) is 5.54 Å². The Morgan fingerprint density at radius 1 is 1.50 bits per heavy atom. The first kappa shape index (κ1) is 10.1. The first-order valence-corrected chi connectivity index (χ1v) is 6.21. The average molecular weight is 210 g/mol. The van der Waals surface area contributed by atoms with Crippen LogP contribution in [0.15, 0.2) is 5.38 Å². The van der Waals surface area contributed by atoms with Crippen LogP contribution in [0.1, 0.15) is 43.8 Å². The molecular formula is C11H18N2S. The molecule has 0 amide bonds. The third-order valence-electron chi connectivity index (χ3n) is 2.88. The van der Waals surface area contributed by atoms with Crippen LogP contribution >= 0.6 is 11.3 Å². The van der Waals surface area contributed by atoms with Crippen LogP contribution in [-0.4, -0.2) is 11.0 Å². The van der Waals surface area contributed by atoms with Crippen molar-refractivity contribution in [1.82, 2.24) is 10.3 Å². The normalized spacial score (nSPS) is 19.7. The summed E-state index contributed by atoms with van der Waals surface area (Å²) in [4.78, 5) is 4.61. The summed E-state index contributed by atoms with van der Waals surface area (Å²) in [5, 5.41) is 7.06. The number of thiazole rings is 1. The van der Waals surface area contributed by atoms with E-state index in [1.165, 1.54) is 30.0 Å². The molecule has 0 aliphatic heterocycles. The van der Waals surface area contributed by atoms with Crippen molar-refractivity contribution in [2.75, 3.05) is 0 Å². The van der Waals surface area contributed by atoms with Crippen molar-refractivity contribution in [3.05, 3.63) is 16.1 Å². The van der Waals surface area contributed by atoms with Crippen LogP contribution in [0.5, 0.6) is 0 Å². The Morgan fingerprint density at radius 3 is 2.57 bits per heavy atom. The SMILES string of the molecule is Cc1nc(C2(NC(C)C)CCC2)cs1. The smallest absolute Gasteiger partial charge is 0.0898 e. The highest BCUT2D eigenvalue weighted by Crippen LogP contribution is 2.41. The van der Waals surface area contributed by atoms with Crippen molar-refractivity contribution < 1.29 is 0 Å². The Morgan fingerprint density at radius 2 is 2.21 bits per heavy atom. The van der Waals surface area contributed by atoms with Gasteiger partial charge in [-0.15, -0.1) is 11.3 Å². The van der Waals surface area contributed by atoms with Gasteiger partial charge in [0.2, 0.25) is 0 Å². The van der Waals surface area contributed by atoms with E-state index >= 15 is 0 Å². The molecule has 0 saturated heterocycles. The van der Waals surface area contributed by atoms with Crippen molar-refractivity contribution in [2.24, 2.45) is 0 Å². The monoisotopic (exact) mass is 210 g/mol. The molecule has 0 spiro atoms. The molecule has 0 aromatic carbocycles. The third kappa shape index (κ3) is 1.71. The second kappa shape index (κ2) is 3.63. The minimum atomic E-state index is 0.207. The van der Waals surface area contributed by atoms with Gasteiger partial charge in [-0.05, 0) is 40.0 Å². The van der Waals surface area contributed by atoms with Gasteiger partial charge in [-0.25, -0.2) is 4.98 Å². The molecule has 1 aromatic rings. The maximum atomic E-state index is 4.61. The van der Waals surface area contributed by atoms with Crippen LogP contribution in [0.2, 0.25) is 0 Å². The molecule has 1 N–H and O–H groups in total. The maximum Gasteiger partial charge on any atom is 0.0898 e. The van der Waals surface area contributed by atoms with E-state index in [1.54, 1.807) is 11.3 Å². The molecule has 14 heavy (non-hydrogen) atoms. The quantitative estimate of drug-likeness (QED) is 0.830. The number of hydrogen-bond acceptors (Lipinski definition) is 3. The Labute approximate surface area is 89.8 Å². The molecule has 1 heterocycles. The van der Waals surface area contributed by atoms with Crippen LogP contribution < -0.4 is 5.32 Å². The number of nitrogens with zero attached hydrogens (tertiary/aromatic N) is 1. The van der Waals surface area contributed by atoms with E-state index in [0.29, 0.717) is 6.04 Å². The second-order valence-corrected chi connectivity index (χ2v) is 5.55. The van der Waals surface area contributed by atoms with E-state index in [1.807, 2.05) is 0 Å². The molecule has 1 aliphatic rings. The summed E-state index contributed by atoms with van der Waals surface area (Å²) >= 11 is 1.76. The van der Waals surface area contributed by atoms with Crippen LogP contribution in [0.3, 0.4) is 0 Å². The van der Waals surface area contributed by atoms with E-state index in [-0.39, 0.29) is 5.54 Å². The van der Waals surface area contributed by atoms with E-state index in [4.69, 9.17) is 0 Å². The van der Waals surface area contributed by atoms with Gasteiger partial charge in [-0.2, -0.15) is 0 Å². The maximum absolute atomic E-state index is 4.61. The van der Waals surface area contributed by atoms with E-state index in [0.717, 1.165) is 0 Å². The number of aromatic nitrogens is 1. The summed E-state index contributed by atoms with van der Waals surface area (Å²) in [5.74, 6) is 0. The minimum Gasteiger partial charge on any atom is -0.304 e. The van der Waals surface area contributed by atoms with Crippen LogP contribution in [0, 0.1) is 6.92 Å². The number of nitrogens with one attached hydrogen (secondary N) is 1. The van der Waals surface area contributed by atoms with Crippen molar-refractivity contribution in [3.8, 4) is 0 Å². The summed E-state index contributed by atoms with van der Waals surface area (Å²) in [7, 11) is 0. The highest BCUT2D eigenvalue weighted by molar-refractivity contribution is 7.09. The van der Waals surface area contributed by atoms with Crippen molar-refractivity contribution >= 4 is 11.3 Å². The molecule has 1 aliphatic carbocycles. The van der Waals surface area contributed by atoms with Gasteiger partial charge in [0.05, 0.1) is 16.2 Å². The predicted octanol–water partition coefficient (Wildman–Crippen LogP) is 2.83. The number of rotatable bonds is 3. The summed E-state index contributed by atoms with van der Waals surface area (Å²) in [6.07, 6.45) is 3.82. The highest BCUT2D eigenvalue weighted by Gasteiger charge is 2.40. The lowest BCUT2D eigenvalue weighted by Gasteiger charge is -2.43. The van der Waals surface area contributed by atoms with Crippen molar-refractivity contribution in [1.29, 1.82) is 0 Å². The molecule has 0 bridgehead atoms. The van der Waals surface area contributed by atoms with Gasteiger partial charge < -0.3 is 5.32 Å². The molecular weight excluding hydrogens is 192 g/mol. The largest absolute Gasteiger partial charge is 0.304 e. The lowest BCUT2D eigenvalue weighted by Crippen LogP contribution is -2.51. The molecule has 2 rings (SSSR count). The van der Waals surface area contributed by atoms with Gasteiger partial charge in [0.15, 0.2) is 0 Å². The average Bonchev–Trinajstić information content (AvgIpc) is 2.44. The van der Waals surface area contributed by atoms with Gasteiger partial charge in [0, 0.05) is 11.4 Å². The molecule has 0 unspecified atom stereocenters. The van der Waals surface area contributed by atoms with Crippen molar-refractivity contribution in [3.63, 3.8) is 0 Å². The van der Waals surface area contributed by atoms with Crippen LogP contribution in [0.4, 0.5) is 0 Å². The fourth-order valence-electron chi connectivity index (χ4n) is 2.14. The van der Waals surface area contributed by atoms with Gasteiger partial charge in [-0.1, -0.05) is 0 Å². The Hall–Kier alpha value is -0.410. The first-order chi connectivity index (χ1) is 6.62. The molecule has 78 valence electrons. The molecule has 1 saturated carbocycles. The van der Waals surface area contributed by atoms with E-state index < -0.39 is 0 Å². The Kier molecular flexibility index (Phi) is 2.62. The van der Waals surface area contributed by atoms with Crippen LogP contribution in [0.25, 0.3) is 0 Å². The first-order valence-electron chi connectivity index (χ1n) is 5.33. The fourth-order valence-corrected chi connectivity index (χ4v) is 2.85. The molecule has 3 heteroatoms. The zero-order valence-corrected chi connectivity index (χ0v) is 9.95. The Balaban J connectivity index is 2.20. The second-order valence-electron chi connectivity index (χ2n) is 4.49. The topological polar surface area (TPSA) is 24.9 Å². The minimum absolute atomic E-state index is 0.207. The highest BCUT2D eigenvalue weighted by atomic mass is 32.1. The zero-order valence-electron chi connectivity index (χ0n) is 9.13. The van der Waals surface area contributed by atoms with Gasteiger partial charge in [0.1, 0.15) is 0 Å². The van der Waals surface area contributed by atoms with Gasteiger partial charge in [-0.3, -0.25) is 0 Å². The Bertz CT molecular complexity index is 313. The van der Waals surface area contributed by atoms with Gasteiger partial charge >= 0.3 is 0 Å². The summed E-state index contributed by atoms with van der Waals surface area (Å²) in [5.41, 5.74) is 1.47. The third-order valence-corrected chi connectivity index (χ3v) is 3.65. The fraction of sp³-hybridized carbons (Fsp3) is 0.727. The summed E-state index contributed by atoms with van der Waals surface area (Å²) in [6, 6.07) is 0.539. The van der Waals surface area contributed by atoms with Crippen molar-refractivity contribution in [2.45, 2.75) is 51.6 Å².